The van der Waals surface area contributed by atoms with E-state index in [9.17, 15) is 4.79 Å². The number of rotatable bonds is 2. The zero-order chi connectivity index (χ0) is 16.4. The summed E-state index contributed by atoms with van der Waals surface area (Å²) in [6.45, 7) is 3.80. The zero-order valence-corrected chi connectivity index (χ0v) is 14.1. The SMILES string of the molecule is O=C(c1ccc(N2CCCCC2)cc1)N1CCc2ccccc2C1. The van der Waals surface area contributed by atoms with Crippen molar-refractivity contribution in [3.05, 3.63) is 65.2 Å². The quantitative estimate of drug-likeness (QED) is 0.838. The second kappa shape index (κ2) is 6.68. The summed E-state index contributed by atoms with van der Waals surface area (Å²) < 4.78 is 0. The maximum Gasteiger partial charge on any atom is 0.254 e. The van der Waals surface area contributed by atoms with Crippen LogP contribution in [0.15, 0.2) is 48.5 Å². The van der Waals surface area contributed by atoms with E-state index >= 15 is 0 Å². The van der Waals surface area contributed by atoms with Gasteiger partial charge in [-0.25, -0.2) is 0 Å². The number of hydrogen-bond acceptors (Lipinski definition) is 2. The van der Waals surface area contributed by atoms with Gasteiger partial charge in [0, 0.05) is 37.4 Å². The molecule has 2 aliphatic heterocycles. The fourth-order valence-electron chi connectivity index (χ4n) is 3.82. The molecule has 0 aliphatic carbocycles. The molecule has 0 bridgehead atoms. The third kappa shape index (κ3) is 3.03. The fourth-order valence-corrected chi connectivity index (χ4v) is 3.82. The van der Waals surface area contributed by atoms with E-state index in [0.29, 0.717) is 0 Å². The standard InChI is InChI=1S/C21H24N2O/c24-21(23-15-12-17-6-2-3-7-19(17)16-23)18-8-10-20(11-9-18)22-13-4-1-5-14-22/h2-3,6-11H,1,4-5,12-16H2. The molecule has 0 unspecified atom stereocenters. The van der Waals surface area contributed by atoms with Crippen LogP contribution < -0.4 is 4.90 Å². The Hall–Kier alpha value is -2.29. The van der Waals surface area contributed by atoms with Crippen molar-refractivity contribution < 1.29 is 4.79 Å². The number of anilines is 1. The molecule has 2 heterocycles. The van der Waals surface area contributed by atoms with Gasteiger partial charge in [0.2, 0.25) is 0 Å². The van der Waals surface area contributed by atoms with Crippen LogP contribution in [0.3, 0.4) is 0 Å². The number of amides is 1. The minimum Gasteiger partial charge on any atom is -0.372 e. The number of fused-ring (bicyclic) bond motifs is 1. The lowest BCUT2D eigenvalue weighted by Crippen LogP contribution is -2.36. The highest BCUT2D eigenvalue weighted by atomic mass is 16.2. The van der Waals surface area contributed by atoms with Crippen LogP contribution in [0.25, 0.3) is 0 Å². The molecule has 0 radical (unpaired) electrons. The van der Waals surface area contributed by atoms with Gasteiger partial charge in [-0.2, -0.15) is 0 Å². The minimum atomic E-state index is 0.148. The van der Waals surface area contributed by atoms with Crippen LogP contribution in [0.5, 0.6) is 0 Å². The van der Waals surface area contributed by atoms with Gasteiger partial charge in [0.1, 0.15) is 0 Å². The summed E-state index contributed by atoms with van der Waals surface area (Å²) in [5, 5.41) is 0. The van der Waals surface area contributed by atoms with Gasteiger partial charge in [-0.1, -0.05) is 24.3 Å². The van der Waals surface area contributed by atoms with Crippen LogP contribution in [0.1, 0.15) is 40.7 Å². The monoisotopic (exact) mass is 320 g/mol. The summed E-state index contributed by atoms with van der Waals surface area (Å²) in [5.74, 6) is 0.148. The lowest BCUT2D eigenvalue weighted by atomic mass is 9.99. The second-order valence-electron chi connectivity index (χ2n) is 6.84. The van der Waals surface area contributed by atoms with Gasteiger partial charge in [-0.3, -0.25) is 4.79 Å². The first kappa shape index (κ1) is 15.3. The third-order valence-electron chi connectivity index (χ3n) is 5.25. The van der Waals surface area contributed by atoms with Crippen molar-refractivity contribution in [2.24, 2.45) is 0 Å². The molecule has 124 valence electrons. The van der Waals surface area contributed by atoms with E-state index < -0.39 is 0 Å². The largest absolute Gasteiger partial charge is 0.372 e. The van der Waals surface area contributed by atoms with E-state index in [-0.39, 0.29) is 5.91 Å². The molecule has 0 spiro atoms. The lowest BCUT2D eigenvalue weighted by molar-refractivity contribution is 0.0735. The highest BCUT2D eigenvalue weighted by Crippen LogP contribution is 2.23. The molecule has 4 rings (SSSR count). The Labute approximate surface area is 143 Å². The fraction of sp³-hybridized carbons (Fsp3) is 0.381. The normalized spacial score (nSPS) is 17.5. The molecular formula is C21H24N2O. The summed E-state index contributed by atoms with van der Waals surface area (Å²) in [5.41, 5.74) is 4.70. The van der Waals surface area contributed by atoms with E-state index in [1.165, 1.54) is 36.1 Å². The predicted octanol–water partition coefficient (Wildman–Crippen LogP) is 3.88. The first-order valence-corrected chi connectivity index (χ1v) is 9.02. The van der Waals surface area contributed by atoms with Gasteiger partial charge in [0.25, 0.3) is 5.91 Å². The lowest BCUT2D eigenvalue weighted by Gasteiger charge is -2.30. The molecule has 3 nitrogen and oxygen atoms in total. The van der Waals surface area contributed by atoms with Crippen LogP contribution >= 0.6 is 0 Å². The van der Waals surface area contributed by atoms with E-state index in [1.807, 2.05) is 17.0 Å². The van der Waals surface area contributed by atoms with Crippen LogP contribution in [-0.4, -0.2) is 30.4 Å². The molecular weight excluding hydrogens is 296 g/mol. The third-order valence-corrected chi connectivity index (χ3v) is 5.25. The predicted molar refractivity (Wildman–Crippen MR) is 97.4 cm³/mol. The van der Waals surface area contributed by atoms with Crippen LogP contribution in [0.4, 0.5) is 5.69 Å². The van der Waals surface area contributed by atoms with Crippen LogP contribution in [-0.2, 0) is 13.0 Å². The Kier molecular flexibility index (Phi) is 4.24. The first-order chi connectivity index (χ1) is 11.8. The number of benzene rings is 2. The molecule has 1 fully saturated rings. The summed E-state index contributed by atoms with van der Waals surface area (Å²) in [7, 11) is 0. The average molecular weight is 320 g/mol. The van der Waals surface area contributed by atoms with Crippen LogP contribution in [0.2, 0.25) is 0 Å². The summed E-state index contributed by atoms with van der Waals surface area (Å²) >= 11 is 0. The first-order valence-electron chi connectivity index (χ1n) is 9.02. The Bertz CT molecular complexity index is 717. The smallest absolute Gasteiger partial charge is 0.254 e. The topological polar surface area (TPSA) is 23.6 Å². The van der Waals surface area contributed by atoms with Crippen molar-refractivity contribution in [3.8, 4) is 0 Å². The zero-order valence-electron chi connectivity index (χ0n) is 14.1. The van der Waals surface area contributed by atoms with Gasteiger partial charge in [0.15, 0.2) is 0 Å². The van der Waals surface area contributed by atoms with E-state index in [4.69, 9.17) is 0 Å². The molecule has 1 amide bonds. The number of piperidine rings is 1. The van der Waals surface area contributed by atoms with Gasteiger partial charge >= 0.3 is 0 Å². The van der Waals surface area contributed by atoms with Gasteiger partial charge in [0.05, 0.1) is 0 Å². The number of carbonyl (C=O) groups is 1. The van der Waals surface area contributed by atoms with E-state index in [1.54, 1.807) is 0 Å². The molecule has 0 atom stereocenters. The molecule has 0 aromatic heterocycles. The van der Waals surface area contributed by atoms with E-state index in [0.717, 1.165) is 38.2 Å². The molecule has 2 aromatic rings. The molecule has 1 saturated heterocycles. The Balaban J connectivity index is 1.47. The van der Waals surface area contributed by atoms with Crippen molar-refractivity contribution in [3.63, 3.8) is 0 Å². The number of carbonyl (C=O) groups excluding carboxylic acids is 1. The van der Waals surface area contributed by atoms with Crippen molar-refractivity contribution in [2.45, 2.75) is 32.2 Å². The van der Waals surface area contributed by atoms with Gasteiger partial charge < -0.3 is 9.80 Å². The molecule has 3 heteroatoms. The Morgan fingerprint density at radius 2 is 1.50 bits per heavy atom. The number of hydrogen-bond donors (Lipinski definition) is 0. The Morgan fingerprint density at radius 3 is 2.25 bits per heavy atom. The summed E-state index contributed by atoms with van der Waals surface area (Å²) in [6.07, 6.45) is 4.83. The maximum atomic E-state index is 12.8. The van der Waals surface area contributed by atoms with Crippen molar-refractivity contribution in [1.29, 1.82) is 0 Å². The highest BCUT2D eigenvalue weighted by Gasteiger charge is 2.21. The molecule has 2 aromatic carbocycles. The minimum absolute atomic E-state index is 0.148. The summed E-state index contributed by atoms with van der Waals surface area (Å²) in [4.78, 5) is 17.2. The van der Waals surface area contributed by atoms with Crippen LogP contribution in [0, 0.1) is 0 Å². The summed E-state index contributed by atoms with van der Waals surface area (Å²) in [6, 6.07) is 16.6. The second-order valence-corrected chi connectivity index (χ2v) is 6.84. The van der Waals surface area contributed by atoms with Crippen molar-refractivity contribution >= 4 is 11.6 Å². The van der Waals surface area contributed by atoms with E-state index in [2.05, 4.69) is 41.3 Å². The molecule has 24 heavy (non-hydrogen) atoms. The van der Waals surface area contributed by atoms with Gasteiger partial charge in [-0.15, -0.1) is 0 Å². The Morgan fingerprint density at radius 1 is 0.792 bits per heavy atom. The average Bonchev–Trinajstić information content (AvgIpc) is 2.68. The van der Waals surface area contributed by atoms with Crippen molar-refractivity contribution in [2.75, 3.05) is 24.5 Å². The molecule has 0 N–H and O–H groups in total. The molecule has 2 aliphatic rings. The van der Waals surface area contributed by atoms with Crippen molar-refractivity contribution in [1.82, 2.24) is 4.90 Å². The highest BCUT2D eigenvalue weighted by molar-refractivity contribution is 5.94. The van der Waals surface area contributed by atoms with Gasteiger partial charge in [-0.05, 0) is 61.1 Å². The molecule has 0 saturated carbocycles. The number of nitrogens with zero attached hydrogens (tertiary/aromatic N) is 2. The maximum absolute atomic E-state index is 12.8.